The highest BCUT2D eigenvalue weighted by atomic mass is 16.1. The van der Waals surface area contributed by atoms with E-state index in [1.165, 1.54) is 6.33 Å². The lowest BCUT2D eigenvalue weighted by molar-refractivity contribution is 0.808. The lowest BCUT2D eigenvalue weighted by Crippen LogP contribution is -2.27. The van der Waals surface area contributed by atoms with Crippen LogP contribution in [0.15, 0.2) is 72.0 Å². The lowest BCUT2D eigenvalue weighted by Gasteiger charge is -2.22. The van der Waals surface area contributed by atoms with Crippen LogP contribution in [0.1, 0.15) is 11.3 Å². The highest BCUT2D eigenvalue weighted by Crippen LogP contribution is 2.23. The Kier molecular flexibility index (Phi) is 4.28. The van der Waals surface area contributed by atoms with E-state index in [-0.39, 0.29) is 5.56 Å². The predicted octanol–water partition coefficient (Wildman–Crippen LogP) is 3.60. The van der Waals surface area contributed by atoms with Crippen LogP contribution in [0, 0.1) is 6.92 Å². The van der Waals surface area contributed by atoms with Gasteiger partial charge in [-0.1, -0.05) is 36.4 Å². The number of rotatable bonds is 4. The summed E-state index contributed by atoms with van der Waals surface area (Å²) < 4.78 is 1.81. The topological polar surface area (TPSA) is 79.7 Å². The Hall–Kier alpha value is -4.00. The molecule has 0 bridgehead atoms. The number of nitrogens with one attached hydrogen (secondary N) is 1. The first-order chi connectivity index (χ1) is 14.6. The third-order valence-electron chi connectivity index (χ3n) is 5.32. The van der Waals surface area contributed by atoms with E-state index in [4.69, 9.17) is 0 Å². The van der Waals surface area contributed by atoms with E-state index < -0.39 is 0 Å². The van der Waals surface area contributed by atoms with Crippen LogP contribution in [0.5, 0.6) is 0 Å². The molecule has 148 valence electrons. The molecule has 30 heavy (non-hydrogen) atoms. The summed E-state index contributed by atoms with van der Waals surface area (Å²) in [5, 5.41) is 1.62. The molecule has 7 nitrogen and oxygen atoms in total. The highest BCUT2D eigenvalue weighted by Gasteiger charge is 2.16. The van der Waals surface area contributed by atoms with Crippen molar-refractivity contribution in [3.63, 3.8) is 0 Å². The number of hydrogen-bond acceptors (Lipinski definition) is 5. The van der Waals surface area contributed by atoms with Crippen LogP contribution in [0.3, 0.4) is 0 Å². The molecule has 1 N–H and O–H groups in total. The molecule has 0 aliphatic carbocycles. The van der Waals surface area contributed by atoms with Gasteiger partial charge in [-0.3, -0.25) is 9.36 Å². The van der Waals surface area contributed by atoms with Gasteiger partial charge in [0.2, 0.25) is 0 Å². The smallest absolute Gasteiger partial charge is 0.263 e. The van der Waals surface area contributed by atoms with Crippen LogP contribution < -0.4 is 10.5 Å². The van der Waals surface area contributed by atoms with Gasteiger partial charge in [-0.2, -0.15) is 0 Å². The molecule has 5 aromatic rings. The lowest BCUT2D eigenvalue weighted by atomic mass is 10.1. The molecule has 0 saturated heterocycles. The van der Waals surface area contributed by atoms with E-state index >= 15 is 0 Å². The molecule has 0 radical (unpaired) electrons. The molecule has 0 aliphatic heterocycles. The van der Waals surface area contributed by atoms with E-state index in [2.05, 4.69) is 26.0 Å². The van der Waals surface area contributed by atoms with Crippen molar-refractivity contribution in [1.29, 1.82) is 0 Å². The number of aryl methyl sites for hydroxylation is 1. The number of imidazole rings is 1. The van der Waals surface area contributed by atoms with Crippen LogP contribution in [0.2, 0.25) is 0 Å². The van der Waals surface area contributed by atoms with E-state index in [9.17, 15) is 4.79 Å². The number of aromatic amines is 1. The second-order valence-electron chi connectivity index (χ2n) is 7.30. The molecular weight excluding hydrogens is 376 g/mol. The fourth-order valence-corrected chi connectivity index (χ4v) is 3.87. The average molecular weight is 396 g/mol. The average Bonchev–Trinajstić information content (AvgIpc) is 3.24. The van der Waals surface area contributed by atoms with Crippen LogP contribution in [0.25, 0.3) is 27.6 Å². The first-order valence-electron chi connectivity index (χ1n) is 9.68. The summed E-state index contributed by atoms with van der Waals surface area (Å²) in [5.74, 6) is 0.731. The molecule has 0 atom stereocenters. The fraction of sp³-hybridized carbons (Fsp3) is 0.130. The van der Waals surface area contributed by atoms with Crippen molar-refractivity contribution in [2.24, 2.45) is 0 Å². The normalized spacial score (nSPS) is 11.3. The molecule has 3 aromatic heterocycles. The van der Waals surface area contributed by atoms with Gasteiger partial charge in [0, 0.05) is 18.1 Å². The van der Waals surface area contributed by atoms with E-state index in [0.29, 0.717) is 17.6 Å². The molecule has 2 aromatic carbocycles. The number of benzene rings is 2. The summed E-state index contributed by atoms with van der Waals surface area (Å²) in [5.41, 5.74) is 4.15. The number of aromatic nitrogens is 5. The quantitative estimate of drug-likeness (QED) is 0.502. The Morgan fingerprint density at radius 1 is 1.03 bits per heavy atom. The predicted molar refractivity (Wildman–Crippen MR) is 118 cm³/mol. The molecular formula is C23H20N6O. The Morgan fingerprint density at radius 3 is 2.70 bits per heavy atom. The summed E-state index contributed by atoms with van der Waals surface area (Å²) in [6.45, 7) is 2.50. The third kappa shape index (κ3) is 2.91. The summed E-state index contributed by atoms with van der Waals surface area (Å²) >= 11 is 0. The third-order valence-corrected chi connectivity index (χ3v) is 5.32. The Labute approximate surface area is 172 Å². The van der Waals surface area contributed by atoms with Gasteiger partial charge < -0.3 is 9.88 Å². The van der Waals surface area contributed by atoms with Gasteiger partial charge in [0.1, 0.15) is 11.8 Å². The SMILES string of the molecule is Cc1ccccc1-n1c(CN(C)c2ncnc3nc[nH]c23)cc2ccccc2c1=O. The van der Waals surface area contributed by atoms with E-state index in [0.717, 1.165) is 33.7 Å². The number of pyridine rings is 1. The number of hydrogen-bond donors (Lipinski definition) is 1. The van der Waals surface area contributed by atoms with Crippen molar-refractivity contribution in [3.05, 3.63) is 88.9 Å². The highest BCUT2D eigenvalue weighted by molar-refractivity contribution is 5.84. The molecule has 0 unspecified atom stereocenters. The van der Waals surface area contributed by atoms with Gasteiger partial charge in [0.25, 0.3) is 5.56 Å². The molecule has 0 fully saturated rings. The largest absolute Gasteiger partial charge is 0.352 e. The minimum Gasteiger partial charge on any atom is -0.352 e. The zero-order valence-electron chi connectivity index (χ0n) is 16.7. The number of H-pyrrole nitrogens is 1. The number of fused-ring (bicyclic) bond motifs is 2. The van der Waals surface area contributed by atoms with Gasteiger partial charge in [-0.05, 0) is 36.1 Å². The van der Waals surface area contributed by atoms with Gasteiger partial charge in [-0.25, -0.2) is 15.0 Å². The summed E-state index contributed by atoms with van der Waals surface area (Å²) in [7, 11) is 1.95. The first-order valence-corrected chi connectivity index (χ1v) is 9.68. The van der Waals surface area contributed by atoms with Crippen molar-refractivity contribution >= 4 is 27.8 Å². The fourth-order valence-electron chi connectivity index (χ4n) is 3.87. The van der Waals surface area contributed by atoms with E-state index in [1.54, 1.807) is 10.9 Å². The minimum atomic E-state index is -0.0276. The summed E-state index contributed by atoms with van der Waals surface area (Å²) in [6.07, 6.45) is 3.11. The second kappa shape index (κ2) is 7.11. The maximum absolute atomic E-state index is 13.5. The zero-order chi connectivity index (χ0) is 20.7. The Bertz CT molecular complexity index is 1430. The minimum absolute atomic E-state index is 0.0276. The van der Waals surface area contributed by atoms with E-state index in [1.807, 2.05) is 67.4 Å². The van der Waals surface area contributed by atoms with Crippen molar-refractivity contribution in [2.75, 3.05) is 11.9 Å². The Morgan fingerprint density at radius 2 is 1.83 bits per heavy atom. The van der Waals surface area contributed by atoms with Gasteiger partial charge >= 0.3 is 0 Å². The summed E-state index contributed by atoms with van der Waals surface area (Å²) in [4.78, 5) is 31.4. The summed E-state index contributed by atoms with van der Waals surface area (Å²) in [6, 6.07) is 17.7. The number of para-hydroxylation sites is 1. The molecule has 0 spiro atoms. The molecule has 0 aliphatic rings. The monoisotopic (exact) mass is 396 g/mol. The maximum Gasteiger partial charge on any atom is 0.263 e. The van der Waals surface area contributed by atoms with Gasteiger partial charge in [0.05, 0.1) is 18.6 Å². The maximum atomic E-state index is 13.5. The van der Waals surface area contributed by atoms with Crippen molar-refractivity contribution < 1.29 is 0 Å². The Balaban J connectivity index is 1.70. The van der Waals surface area contributed by atoms with Crippen LogP contribution >= 0.6 is 0 Å². The molecule has 0 amide bonds. The van der Waals surface area contributed by atoms with Gasteiger partial charge in [-0.15, -0.1) is 0 Å². The van der Waals surface area contributed by atoms with Crippen molar-refractivity contribution in [1.82, 2.24) is 24.5 Å². The first kappa shape index (κ1) is 18.1. The molecule has 3 heterocycles. The van der Waals surface area contributed by atoms with Gasteiger partial charge in [0.15, 0.2) is 11.5 Å². The number of anilines is 1. The standard InChI is InChI=1S/C23H20N6O/c1-15-7-3-6-10-19(15)29-17(11-16-8-4-5-9-18(16)23(29)30)12-28(2)22-20-21(25-13-24-20)26-14-27-22/h3-11,13-14H,12H2,1-2H3,(H,24,25,26,27). The zero-order valence-corrected chi connectivity index (χ0v) is 16.7. The molecule has 7 heteroatoms. The van der Waals surface area contributed by atoms with Crippen molar-refractivity contribution in [2.45, 2.75) is 13.5 Å². The van der Waals surface area contributed by atoms with Crippen LogP contribution in [0.4, 0.5) is 5.82 Å². The number of nitrogens with zero attached hydrogens (tertiary/aromatic N) is 5. The van der Waals surface area contributed by atoms with Crippen LogP contribution in [-0.4, -0.2) is 31.6 Å². The molecule has 5 rings (SSSR count). The van der Waals surface area contributed by atoms with Crippen molar-refractivity contribution in [3.8, 4) is 5.69 Å². The molecule has 0 saturated carbocycles. The van der Waals surface area contributed by atoms with Crippen LogP contribution in [-0.2, 0) is 6.54 Å². The second-order valence-corrected chi connectivity index (χ2v) is 7.30.